The Morgan fingerprint density at radius 3 is 2.65 bits per heavy atom. The lowest BCUT2D eigenvalue weighted by Gasteiger charge is -2.24. The molecule has 1 atom stereocenters. The zero-order valence-corrected chi connectivity index (χ0v) is 18.6. The van der Waals surface area contributed by atoms with E-state index in [2.05, 4.69) is 20.7 Å². The smallest absolute Gasteiger partial charge is 0.389 e. The van der Waals surface area contributed by atoms with E-state index in [1.54, 1.807) is 11.9 Å². The number of anilines is 3. The zero-order chi connectivity index (χ0) is 24.6. The Morgan fingerprint density at radius 2 is 1.97 bits per heavy atom. The monoisotopic (exact) mass is 501 g/mol. The van der Waals surface area contributed by atoms with Gasteiger partial charge in [-0.25, -0.2) is 13.8 Å². The van der Waals surface area contributed by atoms with E-state index >= 15 is 0 Å². The predicted molar refractivity (Wildman–Crippen MR) is 118 cm³/mol. The summed E-state index contributed by atoms with van der Waals surface area (Å²) < 4.78 is 69.0. The number of nitrogens with two attached hydrogens (primary N) is 1. The maximum atomic E-state index is 14.1. The minimum absolute atomic E-state index is 0.0485. The molecule has 0 radical (unpaired) electrons. The van der Waals surface area contributed by atoms with Gasteiger partial charge in [-0.3, -0.25) is 9.48 Å². The van der Waals surface area contributed by atoms with Crippen molar-refractivity contribution in [1.82, 2.24) is 20.1 Å². The molecule has 1 fully saturated rings. The minimum atomic E-state index is -4.36. The molecule has 1 aliphatic heterocycles. The number of halogens is 5. The molecule has 0 unspecified atom stereocenters. The summed E-state index contributed by atoms with van der Waals surface area (Å²) in [7, 11) is 1.60. The van der Waals surface area contributed by atoms with Gasteiger partial charge in [0.05, 0.1) is 11.8 Å². The van der Waals surface area contributed by atoms with Crippen LogP contribution in [0.25, 0.3) is 10.6 Å². The summed E-state index contributed by atoms with van der Waals surface area (Å²) in [4.78, 5) is 18.6. The van der Waals surface area contributed by atoms with Gasteiger partial charge >= 0.3 is 6.18 Å². The van der Waals surface area contributed by atoms with Crippen molar-refractivity contribution < 1.29 is 26.7 Å². The van der Waals surface area contributed by atoms with E-state index in [0.29, 0.717) is 5.82 Å². The van der Waals surface area contributed by atoms with Gasteiger partial charge in [-0.15, -0.1) is 0 Å². The Labute approximate surface area is 194 Å². The second-order valence-corrected chi connectivity index (χ2v) is 8.64. The van der Waals surface area contributed by atoms with Crippen LogP contribution in [0.5, 0.6) is 0 Å². The topological polar surface area (TPSA) is 101 Å². The molecule has 1 aromatic carbocycles. The average Bonchev–Trinajstić information content (AvgIpc) is 3.19. The first-order valence-electron chi connectivity index (χ1n) is 10.2. The standard InChI is InChI=1S/C20H20F5N7OS/c1-31-19(32-7-5-13(20(23,24)25)27-6-8-32)12(9-28-31)29-17(33)15-16(26)34-18(30-15)14-10(21)3-2-4-11(14)22/h2-4,9,13,27H,5-8,26H2,1H3,(H,29,33)/t13-/m0/s1. The maximum Gasteiger partial charge on any atom is 0.403 e. The van der Waals surface area contributed by atoms with Crippen molar-refractivity contribution in [3.8, 4) is 10.6 Å². The largest absolute Gasteiger partial charge is 0.403 e. The Balaban J connectivity index is 1.56. The van der Waals surface area contributed by atoms with E-state index in [1.165, 1.54) is 16.9 Å². The predicted octanol–water partition coefficient (Wildman–Crippen LogP) is 3.39. The molecule has 4 rings (SSSR count). The normalized spacial score (nSPS) is 17.0. The van der Waals surface area contributed by atoms with Crippen LogP contribution < -0.4 is 21.3 Å². The van der Waals surface area contributed by atoms with Gasteiger partial charge in [-0.05, 0) is 18.6 Å². The van der Waals surface area contributed by atoms with Gasteiger partial charge in [0.15, 0.2) is 11.5 Å². The van der Waals surface area contributed by atoms with Crippen LogP contribution in [0.2, 0.25) is 0 Å². The fraction of sp³-hybridized carbons (Fsp3) is 0.350. The molecule has 34 heavy (non-hydrogen) atoms. The number of carbonyl (C=O) groups is 1. The van der Waals surface area contributed by atoms with Crippen LogP contribution in [0, 0.1) is 11.6 Å². The molecule has 0 bridgehead atoms. The molecule has 1 aliphatic rings. The Morgan fingerprint density at radius 1 is 1.26 bits per heavy atom. The quantitative estimate of drug-likeness (QED) is 0.474. The summed E-state index contributed by atoms with van der Waals surface area (Å²) in [6.07, 6.45) is -3.19. The molecular formula is C20H20F5N7OS. The van der Waals surface area contributed by atoms with Crippen molar-refractivity contribution in [3.63, 3.8) is 0 Å². The number of nitrogens with zero attached hydrogens (tertiary/aromatic N) is 4. The van der Waals surface area contributed by atoms with Gasteiger partial charge in [0.25, 0.3) is 5.91 Å². The van der Waals surface area contributed by atoms with Crippen molar-refractivity contribution in [3.05, 3.63) is 41.7 Å². The Kier molecular flexibility index (Phi) is 6.45. The highest BCUT2D eigenvalue weighted by molar-refractivity contribution is 7.19. The van der Waals surface area contributed by atoms with E-state index in [4.69, 9.17) is 5.73 Å². The van der Waals surface area contributed by atoms with E-state index < -0.39 is 35.3 Å². The molecule has 8 nitrogen and oxygen atoms in total. The fourth-order valence-electron chi connectivity index (χ4n) is 3.74. The van der Waals surface area contributed by atoms with E-state index in [9.17, 15) is 26.7 Å². The highest BCUT2D eigenvalue weighted by Gasteiger charge is 2.40. The van der Waals surface area contributed by atoms with Gasteiger partial charge in [0, 0.05) is 26.7 Å². The summed E-state index contributed by atoms with van der Waals surface area (Å²) in [6.45, 7) is 0.416. The molecule has 2 aromatic heterocycles. The first kappa shape index (κ1) is 23.9. The molecule has 14 heteroatoms. The number of amides is 1. The highest BCUT2D eigenvalue weighted by atomic mass is 32.1. The second kappa shape index (κ2) is 9.18. The van der Waals surface area contributed by atoms with Gasteiger partial charge in [-0.1, -0.05) is 17.4 Å². The van der Waals surface area contributed by atoms with Crippen molar-refractivity contribution in [1.29, 1.82) is 0 Å². The number of hydrogen-bond donors (Lipinski definition) is 3. The number of aromatic nitrogens is 3. The number of carbonyl (C=O) groups excluding carboxylic acids is 1. The van der Waals surface area contributed by atoms with Gasteiger partial charge in [-0.2, -0.15) is 18.3 Å². The lowest BCUT2D eigenvalue weighted by atomic mass is 10.2. The van der Waals surface area contributed by atoms with Crippen LogP contribution in [0.3, 0.4) is 0 Å². The fourth-order valence-corrected chi connectivity index (χ4v) is 4.62. The van der Waals surface area contributed by atoms with Crippen LogP contribution in [-0.2, 0) is 7.05 Å². The second-order valence-electron chi connectivity index (χ2n) is 7.61. The molecule has 182 valence electrons. The lowest BCUT2D eigenvalue weighted by Crippen LogP contribution is -2.42. The molecule has 0 spiro atoms. The first-order chi connectivity index (χ1) is 16.1. The molecule has 1 amide bonds. The summed E-state index contributed by atoms with van der Waals surface area (Å²) in [5, 5.41) is 9.06. The number of nitrogens with one attached hydrogen (secondary N) is 2. The Bertz CT molecular complexity index is 1190. The van der Waals surface area contributed by atoms with Crippen molar-refractivity contribution in [2.45, 2.75) is 18.6 Å². The van der Waals surface area contributed by atoms with Crippen LogP contribution in [0.4, 0.5) is 38.5 Å². The summed E-state index contributed by atoms with van der Waals surface area (Å²) in [5.41, 5.74) is 5.52. The van der Waals surface area contributed by atoms with Crippen LogP contribution in [0.1, 0.15) is 16.9 Å². The molecule has 3 heterocycles. The number of rotatable bonds is 4. The number of thiazole rings is 1. The van der Waals surface area contributed by atoms with Crippen LogP contribution in [0.15, 0.2) is 24.4 Å². The van der Waals surface area contributed by atoms with Crippen molar-refractivity contribution in [2.75, 3.05) is 35.6 Å². The summed E-state index contributed by atoms with van der Waals surface area (Å²) >= 11 is 0.757. The first-order valence-corrected chi connectivity index (χ1v) is 11.0. The van der Waals surface area contributed by atoms with Crippen LogP contribution in [-0.4, -0.2) is 52.5 Å². The molecule has 0 aliphatic carbocycles. The SMILES string of the molecule is Cn1ncc(NC(=O)c2nc(-c3c(F)cccc3F)sc2N)c1N1CCN[C@H](C(F)(F)F)CC1. The third-order valence-electron chi connectivity index (χ3n) is 5.36. The average molecular weight is 501 g/mol. The van der Waals surface area contributed by atoms with Crippen molar-refractivity contribution in [2.24, 2.45) is 7.05 Å². The van der Waals surface area contributed by atoms with E-state index in [1.807, 2.05) is 0 Å². The molecule has 3 aromatic rings. The number of nitrogen functional groups attached to an aromatic ring is 1. The van der Waals surface area contributed by atoms with Crippen LogP contribution >= 0.6 is 11.3 Å². The van der Waals surface area contributed by atoms with E-state index in [-0.39, 0.29) is 47.4 Å². The number of hydrogen-bond acceptors (Lipinski definition) is 7. The van der Waals surface area contributed by atoms with Gasteiger partial charge in [0.2, 0.25) is 0 Å². The molecular weight excluding hydrogens is 481 g/mol. The zero-order valence-electron chi connectivity index (χ0n) is 17.8. The highest BCUT2D eigenvalue weighted by Crippen LogP contribution is 2.34. The number of alkyl halides is 3. The number of benzene rings is 1. The maximum absolute atomic E-state index is 14.1. The molecule has 0 saturated carbocycles. The Hall–Kier alpha value is -3.26. The number of aryl methyl sites for hydroxylation is 1. The van der Waals surface area contributed by atoms with Gasteiger partial charge < -0.3 is 21.3 Å². The van der Waals surface area contributed by atoms with E-state index in [0.717, 1.165) is 23.5 Å². The summed E-state index contributed by atoms with van der Waals surface area (Å²) in [6, 6.07) is 1.71. The summed E-state index contributed by atoms with van der Waals surface area (Å²) in [5.74, 6) is -2.02. The third kappa shape index (κ3) is 4.68. The van der Waals surface area contributed by atoms with Crippen molar-refractivity contribution >= 4 is 33.8 Å². The van der Waals surface area contributed by atoms with Gasteiger partial charge in [0.1, 0.15) is 33.4 Å². The minimum Gasteiger partial charge on any atom is -0.389 e. The third-order valence-corrected chi connectivity index (χ3v) is 6.26. The molecule has 1 saturated heterocycles. The lowest BCUT2D eigenvalue weighted by molar-refractivity contribution is -0.155. The molecule has 4 N–H and O–H groups in total.